The Balaban J connectivity index is 1.99. The minimum absolute atomic E-state index is 0.156. The molecule has 0 aromatic heterocycles. The Hall–Kier alpha value is -0.120. The summed E-state index contributed by atoms with van der Waals surface area (Å²) in [7, 11) is 0. The Morgan fingerprint density at radius 1 is 1.25 bits per heavy atom. The van der Waals surface area contributed by atoms with Crippen LogP contribution in [-0.4, -0.2) is 40.8 Å². The van der Waals surface area contributed by atoms with E-state index in [4.69, 9.17) is 5.73 Å². The van der Waals surface area contributed by atoms with E-state index in [9.17, 15) is 5.11 Å². The summed E-state index contributed by atoms with van der Waals surface area (Å²) in [6.45, 7) is 9.07. The lowest BCUT2D eigenvalue weighted by molar-refractivity contribution is 0.0317. The summed E-state index contributed by atoms with van der Waals surface area (Å²) < 4.78 is 0. The molecule has 1 saturated heterocycles. The lowest BCUT2D eigenvalue weighted by Gasteiger charge is -2.46. The van der Waals surface area contributed by atoms with Gasteiger partial charge in [-0.2, -0.15) is 0 Å². The summed E-state index contributed by atoms with van der Waals surface area (Å²) in [6, 6.07) is 0.213. The van der Waals surface area contributed by atoms with Gasteiger partial charge in [0.1, 0.15) is 0 Å². The summed E-state index contributed by atoms with van der Waals surface area (Å²) in [5.74, 6) is 0. The van der Waals surface area contributed by atoms with E-state index in [0.29, 0.717) is 0 Å². The van der Waals surface area contributed by atoms with Crippen LogP contribution >= 0.6 is 0 Å². The molecule has 0 amide bonds. The molecule has 1 heterocycles. The third kappa shape index (κ3) is 2.13. The van der Waals surface area contributed by atoms with Gasteiger partial charge in [-0.05, 0) is 65.0 Å². The van der Waals surface area contributed by atoms with E-state index in [2.05, 4.69) is 25.7 Å². The lowest BCUT2D eigenvalue weighted by Crippen LogP contribution is -2.52. The third-order valence-electron chi connectivity index (χ3n) is 4.66. The zero-order chi connectivity index (χ0) is 12.0. The minimum Gasteiger partial charge on any atom is -0.393 e. The monoisotopic (exact) mass is 226 g/mol. The van der Waals surface area contributed by atoms with Gasteiger partial charge in [-0.3, -0.25) is 4.90 Å². The van der Waals surface area contributed by atoms with Gasteiger partial charge in [0.05, 0.1) is 6.10 Å². The molecule has 1 aliphatic heterocycles. The van der Waals surface area contributed by atoms with Crippen molar-refractivity contribution in [3.8, 4) is 0 Å². The number of hydrogen-bond donors (Lipinski definition) is 2. The fourth-order valence-electron chi connectivity index (χ4n) is 3.44. The van der Waals surface area contributed by atoms with Crippen molar-refractivity contribution >= 4 is 0 Å². The van der Waals surface area contributed by atoms with Crippen LogP contribution in [0.2, 0.25) is 0 Å². The number of nitrogens with zero attached hydrogens (tertiary/aromatic N) is 1. The highest BCUT2D eigenvalue weighted by molar-refractivity contribution is 5.02. The van der Waals surface area contributed by atoms with Gasteiger partial charge in [0.2, 0.25) is 0 Å². The molecule has 94 valence electrons. The second-order valence-electron chi connectivity index (χ2n) is 6.72. The molecule has 1 saturated carbocycles. The van der Waals surface area contributed by atoms with Gasteiger partial charge in [-0.15, -0.1) is 0 Å². The van der Waals surface area contributed by atoms with Gasteiger partial charge in [0.25, 0.3) is 0 Å². The predicted octanol–water partition coefficient (Wildman–Crippen LogP) is 1.35. The van der Waals surface area contributed by atoms with E-state index in [1.54, 1.807) is 0 Å². The molecule has 2 fully saturated rings. The van der Waals surface area contributed by atoms with Crippen molar-refractivity contribution in [2.24, 2.45) is 11.1 Å². The Labute approximate surface area is 99.0 Å². The van der Waals surface area contributed by atoms with Gasteiger partial charge >= 0.3 is 0 Å². The molecule has 3 nitrogen and oxygen atoms in total. The summed E-state index contributed by atoms with van der Waals surface area (Å²) in [5.41, 5.74) is 6.71. The van der Waals surface area contributed by atoms with Crippen molar-refractivity contribution < 1.29 is 5.11 Å². The second kappa shape index (κ2) is 3.97. The first-order chi connectivity index (χ1) is 7.33. The van der Waals surface area contributed by atoms with Crippen molar-refractivity contribution in [3.63, 3.8) is 0 Å². The van der Waals surface area contributed by atoms with Gasteiger partial charge < -0.3 is 10.8 Å². The Kier molecular flexibility index (Phi) is 3.06. The molecule has 2 atom stereocenters. The average Bonchev–Trinajstić information content (AvgIpc) is 2.41. The van der Waals surface area contributed by atoms with Crippen LogP contribution in [0.1, 0.15) is 46.5 Å². The summed E-state index contributed by atoms with van der Waals surface area (Å²) in [6.07, 6.45) is 3.88. The van der Waals surface area contributed by atoms with Crippen molar-refractivity contribution in [1.82, 2.24) is 4.90 Å². The van der Waals surface area contributed by atoms with Crippen molar-refractivity contribution in [2.45, 2.75) is 64.1 Å². The minimum atomic E-state index is -0.156. The molecule has 2 aliphatic rings. The molecule has 0 aromatic carbocycles. The topological polar surface area (TPSA) is 49.5 Å². The number of aliphatic hydroxyl groups is 1. The molecule has 0 bridgehead atoms. The number of rotatable bonds is 0. The van der Waals surface area contributed by atoms with Crippen molar-refractivity contribution in [3.05, 3.63) is 0 Å². The van der Waals surface area contributed by atoms with Crippen LogP contribution in [0.25, 0.3) is 0 Å². The normalized spacial score (nSPS) is 35.8. The van der Waals surface area contributed by atoms with Crippen LogP contribution in [0.5, 0.6) is 0 Å². The lowest BCUT2D eigenvalue weighted by atomic mass is 9.73. The van der Waals surface area contributed by atoms with E-state index >= 15 is 0 Å². The predicted molar refractivity (Wildman–Crippen MR) is 66.2 cm³/mol. The molecular formula is C13H26N2O. The maximum atomic E-state index is 9.75. The first-order valence-electron chi connectivity index (χ1n) is 6.52. The summed E-state index contributed by atoms with van der Waals surface area (Å²) in [5, 5.41) is 9.75. The Bertz CT molecular complexity index is 251. The average molecular weight is 226 g/mol. The number of likely N-dealkylation sites (tertiary alicyclic amines) is 1. The zero-order valence-corrected chi connectivity index (χ0v) is 10.9. The van der Waals surface area contributed by atoms with Gasteiger partial charge in [-0.25, -0.2) is 0 Å². The van der Waals surface area contributed by atoms with E-state index in [1.165, 1.54) is 0 Å². The zero-order valence-electron chi connectivity index (χ0n) is 10.9. The standard InChI is InChI=1S/C13H26N2O/c1-12(2,3)15-6-4-13(5-7-15)9-10(16)8-11(13)14/h10-11,16H,4-9,14H2,1-3H3/t10?,11-/m0/s1. The van der Waals surface area contributed by atoms with E-state index in [-0.39, 0.29) is 23.1 Å². The smallest absolute Gasteiger partial charge is 0.0561 e. The molecule has 3 N–H and O–H groups in total. The number of piperidine rings is 1. The van der Waals surface area contributed by atoms with Crippen LogP contribution < -0.4 is 5.73 Å². The maximum Gasteiger partial charge on any atom is 0.0561 e. The largest absolute Gasteiger partial charge is 0.393 e. The number of hydrogen-bond acceptors (Lipinski definition) is 3. The van der Waals surface area contributed by atoms with Crippen LogP contribution in [-0.2, 0) is 0 Å². The van der Waals surface area contributed by atoms with Crippen molar-refractivity contribution in [2.75, 3.05) is 13.1 Å². The first kappa shape index (κ1) is 12.3. The second-order valence-corrected chi connectivity index (χ2v) is 6.72. The first-order valence-corrected chi connectivity index (χ1v) is 6.52. The van der Waals surface area contributed by atoms with E-state index < -0.39 is 0 Å². The molecular weight excluding hydrogens is 200 g/mol. The van der Waals surface area contributed by atoms with Gasteiger partial charge in [0, 0.05) is 11.6 Å². The summed E-state index contributed by atoms with van der Waals surface area (Å²) >= 11 is 0. The highest BCUT2D eigenvalue weighted by Gasteiger charge is 2.47. The molecule has 1 spiro atoms. The quantitative estimate of drug-likeness (QED) is 0.655. The molecule has 0 aromatic rings. The molecule has 2 rings (SSSR count). The molecule has 16 heavy (non-hydrogen) atoms. The highest BCUT2D eigenvalue weighted by atomic mass is 16.3. The van der Waals surface area contributed by atoms with Crippen LogP contribution in [0, 0.1) is 5.41 Å². The maximum absolute atomic E-state index is 9.75. The Morgan fingerprint density at radius 2 is 1.81 bits per heavy atom. The van der Waals surface area contributed by atoms with Crippen molar-refractivity contribution in [1.29, 1.82) is 0 Å². The van der Waals surface area contributed by atoms with E-state index in [1.807, 2.05) is 0 Å². The molecule has 0 radical (unpaired) electrons. The van der Waals surface area contributed by atoms with Gasteiger partial charge in [0.15, 0.2) is 0 Å². The molecule has 3 heteroatoms. The summed E-state index contributed by atoms with van der Waals surface area (Å²) in [4.78, 5) is 2.54. The number of aliphatic hydroxyl groups excluding tert-OH is 1. The van der Waals surface area contributed by atoms with E-state index in [0.717, 1.165) is 38.8 Å². The SMILES string of the molecule is CC(C)(C)N1CCC2(CC1)CC(O)C[C@@H]2N. The van der Waals surface area contributed by atoms with Gasteiger partial charge in [-0.1, -0.05) is 0 Å². The Morgan fingerprint density at radius 3 is 2.19 bits per heavy atom. The van der Waals surface area contributed by atoms with Crippen LogP contribution in [0.3, 0.4) is 0 Å². The third-order valence-corrected chi connectivity index (χ3v) is 4.66. The van der Waals surface area contributed by atoms with Crippen LogP contribution in [0.15, 0.2) is 0 Å². The fraction of sp³-hybridized carbons (Fsp3) is 1.00. The highest BCUT2D eigenvalue weighted by Crippen LogP contribution is 2.46. The molecule has 1 aliphatic carbocycles. The van der Waals surface area contributed by atoms with Crippen LogP contribution in [0.4, 0.5) is 0 Å². The number of nitrogens with two attached hydrogens (primary N) is 1. The molecule has 1 unspecified atom stereocenters. The fourth-order valence-corrected chi connectivity index (χ4v) is 3.44.